The Bertz CT molecular complexity index is 807. The van der Waals surface area contributed by atoms with Gasteiger partial charge in [-0.2, -0.15) is 0 Å². The van der Waals surface area contributed by atoms with Crippen LogP contribution in [0.1, 0.15) is 60.1 Å². The van der Waals surface area contributed by atoms with Crippen LogP contribution in [-0.4, -0.2) is 12.5 Å². The minimum Gasteiger partial charge on any atom is -0.324 e. The molecule has 2 aliphatic rings. The summed E-state index contributed by atoms with van der Waals surface area (Å²) in [6.07, 6.45) is 4.10. The number of carbonyl (C=O) groups is 1. The molecule has 0 radical (unpaired) electrons. The fraction of sp³-hybridized carbons (Fsp3) is 0.381. The number of fused-ring (bicyclic) bond motifs is 2. The molecule has 2 aromatic carbocycles. The van der Waals surface area contributed by atoms with Gasteiger partial charge in [0.2, 0.25) is 0 Å². The molecule has 1 spiro atoms. The standard InChI is InChI=1S/C21H23FN2O/c1-14(23)15-7-9-16(10-8-15)20(25)24-13-21(11-2-3-12-21)19-17(22)5-4-6-18(19)24/h4-10,14H,2-3,11-13,23H2,1H3. The quantitative estimate of drug-likeness (QED) is 0.886. The predicted molar refractivity (Wildman–Crippen MR) is 97.3 cm³/mol. The lowest BCUT2D eigenvalue weighted by atomic mass is 9.80. The number of carbonyl (C=O) groups excluding carboxylic acids is 1. The molecule has 1 fully saturated rings. The summed E-state index contributed by atoms with van der Waals surface area (Å²) in [7, 11) is 0. The van der Waals surface area contributed by atoms with Gasteiger partial charge in [-0.1, -0.05) is 31.0 Å². The van der Waals surface area contributed by atoms with Crippen molar-refractivity contribution in [3.8, 4) is 0 Å². The molecule has 25 heavy (non-hydrogen) atoms. The van der Waals surface area contributed by atoms with Crippen LogP contribution in [0.15, 0.2) is 42.5 Å². The number of hydrogen-bond acceptors (Lipinski definition) is 2. The number of rotatable bonds is 2. The van der Waals surface area contributed by atoms with Crippen molar-refractivity contribution in [2.24, 2.45) is 5.73 Å². The first-order valence-electron chi connectivity index (χ1n) is 8.98. The van der Waals surface area contributed by atoms with Crippen molar-refractivity contribution in [3.05, 3.63) is 65.0 Å². The molecule has 2 aromatic rings. The molecular weight excluding hydrogens is 315 g/mol. The maximum Gasteiger partial charge on any atom is 0.258 e. The van der Waals surface area contributed by atoms with E-state index in [1.54, 1.807) is 11.0 Å². The molecule has 2 N–H and O–H groups in total. The van der Waals surface area contributed by atoms with Crippen molar-refractivity contribution in [3.63, 3.8) is 0 Å². The van der Waals surface area contributed by atoms with E-state index >= 15 is 0 Å². The minimum absolute atomic E-state index is 0.0625. The highest BCUT2D eigenvalue weighted by Crippen LogP contribution is 2.51. The lowest BCUT2D eigenvalue weighted by molar-refractivity contribution is 0.0985. The van der Waals surface area contributed by atoms with Crippen LogP contribution in [0.3, 0.4) is 0 Å². The highest BCUT2D eigenvalue weighted by atomic mass is 19.1. The normalized spacial score (nSPS) is 19.2. The first-order chi connectivity index (χ1) is 12.0. The third-order valence-electron chi connectivity index (χ3n) is 5.76. The molecule has 1 atom stereocenters. The van der Waals surface area contributed by atoms with Gasteiger partial charge in [0, 0.05) is 29.1 Å². The van der Waals surface area contributed by atoms with Crippen molar-refractivity contribution in [1.82, 2.24) is 0 Å². The maximum absolute atomic E-state index is 14.6. The first-order valence-corrected chi connectivity index (χ1v) is 8.98. The third-order valence-corrected chi connectivity index (χ3v) is 5.76. The molecule has 1 unspecified atom stereocenters. The Hall–Kier alpha value is -2.20. The summed E-state index contributed by atoms with van der Waals surface area (Å²) in [4.78, 5) is 14.9. The Morgan fingerprint density at radius 3 is 2.48 bits per heavy atom. The van der Waals surface area contributed by atoms with E-state index < -0.39 is 0 Å². The van der Waals surface area contributed by atoms with Gasteiger partial charge in [0.1, 0.15) is 5.82 Å². The van der Waals surface area contributed by atoms with Crippen molar-refractivity contribution in [2.45, 2.75) is 44.1 Å². The van der Waals surface area contributed by atoms with E-state index in [1.807, 2.05) is 37.3 Å². The van der Waals surface area contributed by atoms with Gasteiger partial charge in [-0.15, -0.1) is 0 Å². The van der Waals surface area contributed by atoms with Crippen molar-refractivity contribution in [1.29, 1.82) is 0 Å². The largest absolute Gasteiger partial charge is 0.324 e. The van der Waals surface area contributed by atoms with Crippen LogP contribution in [0.4, 0.5) is 10.1 Å². The van der Waals surface area contributed by atoms with E-state index in [1.165, 1.54) is 6.07 Å². The van der Waals surface area contributed by atoms with Gasteiger partial charge in [-0.05, 0) is 49.6 Å². The van der Waals surface area contributed by atoms with Gasteiger partial charge in [0.15, 0.2) is 0 Å². The van der Waals surface area contributed by atoms with Gasteiger partial charge in [-0.3, -0.25) is 4.79 Å². The van der Waals surface area contributed by atoms with Crippen LogP contribution < -0.4 is 10.6 Å². The first kappa shape index (κ1) is 16.3. The number of benzene rings is 2. The van der Waals surface area contributed by atoms with E-state index in [0.29, 0.717) is 12.1 Å². The molecule has 0 bridgehead atoms. The average molecular weight is 338 g/mol. The van der Waals surface area contributed by atoms with E-state index in [0.717, 1.165) is 42.5 Å². The SMILES string of the molecule is CC(N)c1ccc(C(=O)N2CC3(CCCC3)c3c(F)cccc32)cc1. The number of anilines is 1. The molecule has 1 aliphatic carbocycles. The van der Waals surface area contributed by atoms with Crippen LogP contribution in [0.2, 0.25) is 0 Å². The molecule has 1 amide bonds. The lowest BCUT2D eigenvalue weighted by Gasteiger charge is -2.25. The van der Waals surface area contributed by atoms with Crippen LogP contribution in [0, 0.1) is 5.82 Å². The van der Waals surface area contributed by atoms with Crippen molar-refractivity contribution >= 4 is 11.6 Å². The van der Waals surface area contributed by atoms with Gasteiger partial charge in [0.25, 0.3) is 5.91 Å². The van der Waals surface area contributed by atoms with E-state index in [2.05, 4.69) is 0 Å². The zero-order valence-electron chi connectivity index (χ0n) is 14.5. The Labute approximate surface area is 147 Å². The maximum atomic E-state index is 14.6. The summed E-state index contributed by atoms with van der Waals surface area (Å²) in [5.74, 6) is -0.242. The van der Waals surface area contributed by atoms with Crippen LogP contribution in [0.5, 0.6) is 0 Å². The molecule has 4 heteroatoms. The summed E-state index contributed by atoms with van der Waals surface area (Å²) in [6, 6.07) is 12.5. The number of halogens is 1. The highest BCUT2D eigenvalue weighted by molar-refractivity contribution is 6.07. The molecular formula is C21H23FN2O. The fourth-order valence-corrected chi connectivity index (χ4v) is 4.46. The minimum atomic E-state index is -0.206. The zero-order chi connectivity index (χ0) is 17.6. The molecule has 3 nitrogen and oxygen atoms in total. The second-order valence-electron chi connectivity index (χ2n) is 7.42. The third kappa shape index (κ3) is 2.56. The zero-order valence-corrected chi connectivity index (χ0v) is 14.5. The number of hydrogen-bond donors (Lipinski definition) is 1. The molecule has 130 valence electrons. The van der Waals surface area contributed by atoms with Gasteiger partial charge < -0.3 is 10.6 Å². The predicted octanol–water partition coefficient (Wildman–Crippen LogP) is 4.32. The molecule has 4 rings (SSSR count). The second kappa shape index (κ2) is 5.95. The number of nitrogens with two attached hydrogens (primary N) is 1. The van der Waals surface area contributed by atoms with Crippen molar-refractivity contribution < 1.29 is 9.18 Å². The molecule has 1 saturated carbocycles. The van der Waals surface area contributed by atoms with Gasteiger partial charge in [0.05, 0.1) is 5.69 Å². The van der Waals surface area contributed by atoms with Crippen molar-refractivity contribution in [2.75, 3.05) is 11.4 Å². The summed E-state index contributed by atoms with van der Waals surface area (Å²) in [5, 5.41) is 0. The lowest BCUT2D eigenvalue weighted by Crippen LogP contribution is -2.35. The molecule has 1 heterocycles. The Morgan fingerprint density at radius 1 is 1.16 bits per heavy atom. The Morgan fingerprint density at radius 2 is 1.84 bits per heavy atom. The van der Waals surface area contributed by atoms with Crippen LogP contribution in [-0.2, 0) is 5.41 Å². The highest BCUT2D eigenvalue weighted by Gasteiger charge is 2.48. The van der Waals surface area contributed by atoms with Gasteiger partial charge in [-0.25, -0.2) is 4.39 Å². The Kier molecular flexibility index (Phi) is 3.88. The smallest absolute Gasteiger partial charge is 0.258 e. The summed E-state index contributed by atoms with van der Waals surface area (Å²) >= 11 is 0. The monoisotopic (exact) mass is 338 g/mol. The molecule has 0 aromatic heterocycles. The van der Waals surface area contributed by atoms with E-state index in [9.17, 15) is 9.18 Å². The van der Waals surface area contributed by atoms with E-state index in [4.69, 9.17) is 5.73 Å². The van der Waals surface area contributed by atoms with Gasteiger partial charge >= 0.3 is 0 Å². The second-order valence-corrected chi connectivity index (χ2v) is 7.42. The fourth-order valence-electron chi connectivity index (χ4n) is 4.46. The van der Waals surface area contributed by atoms with Crippen LogP contribution >= 0.6 is 0 Å². The average Bonchev–Trinajstić information content (AvgIpc) is 3.21. The molecule has 0 saturated heterocycles. The van der Waals surface area contributed by atoms with Crippen LogP contribution in [0.25, 0.3) is 0 Å². The Balaban J connectivity index is 1.72. The summed E-state index contributed by atoms with van der Waals surface area (Å²) in [5.41, 5.74) is 8.78. The summed E-state index contributed by atoms with van der Waals surface area (Å²) in [6.45, 7) is 2.50. The number of nitrogens with zero attached hydrogens (tertiary/aromatic N) is 1. The molecule has 1 aliphatic heterocycles. The van der Waals surface area contributed by atoms with E-state index in [-0.39, 0.29) is 23.2 Å². The summed E-state index contributed by atoms with van der Waals surface area (Å²) < 4.78 is 14.6. The topological polar surface area (TPSA) is 46.3 Å². The number of amides is 1.